The Balaban J connectivity index is 1.65. The average Bonchev–Trinajstić information content (AvgIpc) is 2.94. The highest BCUT2D eigenvalue weighted by atomic mass is 32.2. The van der Waals surface area contributed by atoms with Crippen LogP contribution in [0.5, 0.6) is 0 Å². The lowest BCUT2D eigenvalue weighted by atomic mass is 10.1. The van der Waals surface area contributed by atoms with Crippen molar-refractivity contribution in [2.45, 2.75) is 63.2 Å². The van der Waals surface area contributed by atoms with E-state index in [9.17, 15) is 4.79 Å². The lowest BCUT2D eigenvalue weighted by molar-refractivity contribution is -0.119. The monoisotopic (exact) mass is 401 g/mol. The number of benzene rings is 1. The lowest BCUT2D eigenvalue weighted by Gasteiger charge is -2.16. The van der Waals surface area contributed by atoms with Crippen molar-refractivity contribution >= 4 is 23.4 Å². The summed E-state index contributed by atoms with van der Waals surface area (Å²) in [5, 5.41) is 12.8. The van der Waals surface area contributed by atoms with E-state index in [2.05, 4.69) is 50.1 Å². The van der Waals surface area contributed by atoms with Crippen LogP contribution in [0.1, 0.15) is 45.4 Å². The van der Waals surface area contributed by atoms with Gasteiger partial charge in [-0.25, -0.2) is 0 Å². The molecule has 0 aliphatic heterocycles. The molecule has 0 unspecified atom stereocenters. The summed E-state index contributed by atoms with van der Waals surface area (Å²) in [4.78, 5) is 14.5. The molecule has 1 fully saturated rings. The highest BCUT2D eigenvalue weighted by Crippen LogP contribution is 2.26. The zero-order valence-electron chi connectivity index (χ0n) is 17.1. The second kappa shape index (κ2) is 9.96. The molecule has 1 aliphatic rings. The van der Waals surface area contributed by atoms with Gasteiger partial charge < -0.3 is 14.8 Å². The van der Waals surface area contributed by atoms with Gasteiger partial charge in [-0.15, -0.1) is 10.2 Å². The van der Waals surface area contributed by atoms with Crippen molar-refractivity contribution in [1.29, 1.82) is 0 Å². The van der Waals surface area contributed by atoms with Crippen LogP contribution in [0.2, 0.25) is 0 Å². The maximum atomic E-state index is 12.4. The maximum absolute atomic E-state index is 12.4. The molecule has 1 heterocycles. The number of carbonyl (C=O) groups is 1. The van der Waals surface area contributed by atoms with Gasteiger partial charge in [-0.1, -0.05) is 49.6 Å². The van der Waals surface area contributed by atoms with Crippen LogP contribution in [0, 0.1) is 0 Å². The summed E-state index contributed by atoms with van der Waals surface area (Å²) < 4.78 is 2.08. The Labute approximate surface area is 172 Å². The zero-order valence-corrected chi connectivity index (χ0v) is 18.0. The summed E-state index contributed by atoms with van der Waals surface area (Å²) in [5.41, 5.74) is 2.16. The number of hydrogen-bond acceptors (Lipinski definition) is 5. The summed E-state index contributed by atoms with van der Waals surface area (Å²) in [6, 6.07) is 8.61. The number of hydrogen-bond donors (Lipinski definition) is 1. The molecule has 1 aliphatic carbocycles. The molecule has 1 aromatic carbocycles. The third kappa shape index (κ3) is 5.28. The fourth-order valence-electron chi connectivity index (χ4n) is 3.64. The van der Waals surface area contributed by atoms with Crippen LogP contribution in [-0.4, -0.2) is 46.6 Å². The first-order valence-corrected chi connectivity index (χ1v) is 11.2. The minimum absolute atomic E-state index is 0.0960. The van der Waals surface area contributed by atoms with Crippen molar-refractivity contribution in [3.8, 4) is 11.4 Å². The molecule has 1 saturated carbocycles. The van der Waals surface area contributed by atoms with Gasteiger partial charge in [0.05, 0.1) is 5.75 Å². The second-order valence-electron chi connectivity index (χ2n) is 7.54. The molecule has 1 N–H and O–H groups in total. The number of amides is 1. The fraction of sp³-hybridized carbons (Fsp3) is 0.571. The van der Waals surface area contributed by atoms with Crippen LogP contribution in [-0.2, 0) is 11.3 Å². The molecule has 0 saturated heterocycles. The molecule has 152 valence electrons. The number of anilines is 1. The summed E-state index contributed by atoms with van der Waals surface area (Å²) in [7, 11) is 4.05. The van der Waals surface area contributed by atoms with Crippen molar-refractivity contribution in [3.63, 3.8) is 0 Å². The largest absolute Gasteiger partial charge is 0.378 e. The highest BCUT2D eigenvalue weighted by molar-refractivity contribution is 7.99. The van der Waals surface area contributed by atoms with E-state index in [0.29, 0.717) is 11.8 Å². The van der Waals surface area contributed by atoms with Crippen molar-refractivity contribution < 1.29 is 4.79 Å². The predicted molar refractivity (Wildman–Crippen MR) is 116 cm³/mol. The quantitative estimate of drug-likeness (QED) is 0.562. The van der Waals surface area contributed by atoms with Crippen LogP contribution in [0.25, 0.3) is 11.4 Å². The molecule has 7 heteroatoms. The molecule has 0 bridgehead atoms. The maximum Gasteiger partial charge on any atom is 0.230 e. The molecule has 28 heavy (non-hydrogen) atoms. The minimum Gasteiger partial charge on any atom is -0.378 e. The standard InChI is InChI=1S/C21H31N5OS/c1-4-26-20(16-10-9-13-18(14-16)25(2)3)23-24-21(26)28-15-19(27)22-17-11-7-5-6-8-12-17/h9-10,13-14,17H,4-8,11-12,15H2,1-3H3,(H,22,27). The zero-order chi connectivity index (χ0) is 19.9. The van der Waals surface area contributed by atoms with Crippen LogP contribution in [0.3, 0.4) is 0 Å². The number of nitrogens with one attached hydrogen (secondary N) is 1. The lowest BCUT2D eigenvalue weighted by Crippen LogP contribution is -2.35. The third-order valence-electron chi connectivity index (χ3n) is 5.21. The van der Waals surface area contributed by atoms with Crippen molar-refractivity contribution in [3.05, 3.63) is 24.3 Å². The van der Waals surface area contributed by atoms with Gasteiger partial charge in [0, 0.05) is 37.9 Å². The molecule has 0 radical (unpaired) electrons. The van der Waals surface area contributed by atoms with Crippen molar-refractivity contribution in [1.82, 2.24) is 20.1 Å². The SMILES string of the molecule is CCn1c(SCC(=O)NC2CCCCCC2)nnc1-c1cccc(N(C)C)c1. The average molecular weight is 402 g/mol. The second-order valence-corrected chi connectivity index (χ2v) is 8.48. The Hall–Kier alpha value is -2.02. The normalized spacial score (nSPS) is 15.2. The van der Waals surface area contributed by atoms with Gasteiger partial charge in [-0.2, -0.15) is 0 Å². The fourth-order valence-corrected chi connectivity index (χ4v) is 4.45. The van der Waals surface area contributed by atoms with Gasteiger partial charge in [-0.05, 0) is 31.9 Å². The van der Waals surface area contributed by atoms with Gasteiger partial charge in [0.1, 0.15) is 0 Å². The van der Waals surface area contributed by atoms with E-state index in [1.54, 1.807) is 0 Å². The molecule has 6 nitrogen and oxygen atoms in total. The summed E-state index contributed by atoms with van der Waals surface area (Å²) >= 11 is 1.47. The highest BCUT2D eigenvalue weighted by Gasteiger charge is 2.18. The predicted octanol–water partition coefficient (Wildman–Crippen LogP) is 3.96. The van der Waals surface area contributed by atoms with E-state index in [1.165, 1.54) is 37.4 Å². The molecule has 2 aromatic rings. The topological polar surface area (TPSA) is 63.1 Å². The Morgan fingerprint density at radius 3 is 2.64 bits per heavy atom. The Kier molecular flexibility index (Phi) is 7.36. The Bertz CT molecular complexity index is 781. The number of aromatic nitrogens is 3. The minimum atomic E-state index is 0.0960. The summed E-state index contributed by atoms with van der Waals surface area (Å²) in [6.45, 7) is 2.85. The molecular weight excluding hydrogens is 370 g/mol. The van der Waals surface area contributed by atoms with Gasteiger partial charge in [0.15, 0.2) is 11.0 Å². The molecule has 0 atom stereocenters. The molecule has 3 rings (SSSR count). The smallest absolute Gasteiger partial charge is 0.230 e. The Morgan fingerprint density at radius 2 is 1.96 bits per heavy atom. The van der Waals surface area contributed by atoms with Gasteiger partial charge in [0.25, 0.3) is 0 Å². The van der Waals surface area contributed by atoms with E-state index >= 15 is 0 Å². The number of nitrogens with zero attached hydrogens (tertiary/aromatic N) is 4. The van der Waals surface area contributed by atoms with Crippen LogP contribution < -0.4 is 10.2 Å². The third-order valence-corrected chi connectivity index (χ3v) is 6.17. The first-order valence-electron chi connectivity index (χ1n) is 10.2. The van der Waals surface area contributed by atoms with Crippen LogP contribution in [0.15, 0.2) is 29.4 Å². The molecule has 0 spiro atoms. The summed E-state index contributed by atoms with van der Waals surface area (Å²) in [6.07, 6.45) is 7.23. The number of rotatable bonds is 7. The number of carbonyl (C=O) groups excluding carboxylic acids is 1. The van der Waals surface area contributed by atoms with Crippen molar-refractivity contribution in [2.24, 2.45) is 0 Å². The van der Waals surface area contributed by atoms with Crippen LogP contribution in [0.4, 0.5) is 5.69 Å². The molecular formula is C21H31N5OS. The first-order chi connectivity index (χ1) is 13.6. The number of thioether (sulfide) groups is 1. The van der Waals surface area contributed by atoms with E-state index in [4.69, 9.17) is 0 Å². The van der Waals surface area contributed by atoms with E-state index in [-0.39, 0.29) is 5.91 Å². The van der Waals surface area contributed by atoms with Gasteiger partial charge >= 0.3 is 0 Å². The first kappa shape index (κ1) is 20.7. The molecule has 1 aromatic heterocycles. The summed E-state index contributed by atoms with van der Waals surface area (Å²) in [5.74, 6) is 1.32. The van der Waals surface area contributed by atoms with Gasteiger partial charge in [-0.3, -0.25) is 4.79 Å². The van der Waals surface area contributed by atoms with E-state index < -0.39 is 0 Å². The van der Waals surface area contributed by atoms with E-state index in [0.717, 1.165) is 41.6 Å². The molecule has 1 amide bonds. The Morgan fingerprint density at radius 1 is 1.21 bits per heavy atom. The van der Waals surface area contributed by atoms with Crippen molar-refractivity contribution in [2.75, 3.05) is 24.7 Å². The van der Waals surface area contributed by atoms with Gasteiger partial charge in [0.2, 0.25) is 5.91 Å². The van der Waals surface area contributed by atoms with E-state index in [1.807, 2.05) is 20.2 Å². The van der Waals surface area contributed by atoms with Crippen LogP contribution >= 0.6 is 11.8 Å².